The lowest BCUT2D eigenvalue weighted by Gasteiger charge is -2.30. The molecule has 0 aromatic carbocycles. The number of nitrogens with zero attached hydrogens (tertiary/aromatic N) is 1. The molecule has 1 unspecified atom stereocenters. The maximum Gasteiger partial charge on any atom is 0.335 e. The summed E-state index contributed by atoms with van der Waals surface area (Å²) in [6.07, 6.45) is 0. The Morgan fingerprint density at radius 3 is 1.93 bits per heavy atom. The highest BCUT2D eigenvalue weighted by atomic mass is 31.2. The van der Waals surface area contributed by atoms with Crippen molar-refractivity contribution in [2.24, 2.45) is 0 Å². The summed E-state index contributed by atoms with van der Waals surface area (Å²) < 4.78 is 23.5. The monoisotopic (exact) mass is 238 g/mol. The lowest BCUT2D eigenvalue weighted by atomic mass is 10.3. The lowest BCUT2D eigenvalue weighted by Crippen LogP contribution is -2.37. The van der Waals surface area contributed by atoms with Gasteiger partial charge in [0.25, 0.3) is 0 Å². The fourth-order valence-electron chi connectivity index (χ4n) is 0.955. The van der Waals surface area contributed by atoms with E-state index in [1.807, 2.05) is 20.8 Å². The summed E-state index contributed by atoms with van der Waals surface area (Å²) in [6, 6.07) is 0. The minimum Gasteiger partial charge on any atom is -0.329 e. The zero-order chi connectivity index (χ0) is 12.3. The summed E-state index contributed by atoms with van der Waals surface area (Å²) >= 11 is 0. The summed E-state index contributed by atoms with van der Waals surface area (Å²) in [6.45, 7) is 6.85. The standard InChI is InChI=1S/C10H25NO3P/c1-10(2,3)15(12,13-7)14-9-8-11(4,5)6/h8-9H2,1-7H3/q+1. The molecule has 5 heteroatoms. The van der Waals surface area contributed by atoms with E-state index < -0.39 is 12.8 Å². The minimum atomic E-state index is -2.98. The predicted octanol–water partition coefficient (Wildman–Crippen LogP) is 2.35. The van der Waals surface area contributed by atoms with Crippen LogP contribution < -0.4 is 0 Å². The van der Waals surface area contributed by atoms with Gasteiger partial charge >= 0.3 is 7.60 Å². The van der Waals surface area contributed by atoms with Crippen molar-refractivity contribution in [1.82, 2.24) is 0 Å². The SMILES string of the molecule is COP(=O)(OCC[N+](C)(C)C)C(C)(C)C. The quantitative estimate of drug-likeness (QED) is 0.545. The van der Waals surface area contributed by atoms with Crippen LogP contribution in [0, 0.1) is 0 Å². The van der Waals surface area contributed by atoms with Crippen molar-refractivity contribution in [2.75, 3.05) is 41.4 Å². The molecular formula is C10H25NO3P+. The molecule has 0 aliphatic carbocycles. The van der Waals surface area contributed by atoms with Gasteiger partial charge in [0.1, 0.15) is 13.2 Å². The molecule has 0 bridgehead atoms. The minimum absolute atomic E-state index is 0.450. The summed E-state index contributed by atoms with van der Waals surface area (Å²) in [5, 5.41) is -0.466. The maximum absolute atomic E-state index is 12.2. The van der Waals surface area contributed by atoms with Crippen molar-refractivity contribution >= 4 is 7.60 Å². The van der Waals surface area contributed by atoms with Gasteiger partial charge in [-0.3, -0.25) is 4.57 Å². The van der Waals surface area contributed by atoms with Gasteiger partial charge in [0.2, 0.25) is 0 Å². The first kappa shape index (κ1) is 15.1. The van der Waals surface area contributed by atoms with Crippen LogP contribution in [0.2, 0.25) is 0 Å². The van der Waals surface area contributed by atoms with Crippen LogP contribution in [0.3, 0.4) is 0 Å². The molecule has 0 heterocycles. The second kappa shape index (κ2) is 4.96. The molecule has 0 N–H and O–H groups in total. The molecule has 0 radical (unpaired) electrons. The Hall–Kier alpha value is 0.110. The topological polar surface area (TPSA) is 35.5 Å². The smallest absolute Gasteiger partial charge is 0.329 e. The fourth-order valence-corrected chi connectivity index (χ4v) is 2.32. The largest absolute Gasteiger partial charge is 0.335 e. The van der Waals surface area contributed by atoms with Crippen LogP contribution in [0.4, 0.5) is 0 Å². The van der Waals surface area contributed by atoms with Crippen LogP contribution in [0.5, 0.6) is 0 Å². The summed E-state index contributed by atoms with van der Waals surface area (Å²) in [4.78, 5) is 0. The number of hydrogen-bond donors (Lipinski definition) is 0. The molecule has 0 fully saturated rings. The molecular weight excluding hydrogens is 213 g/mol. The molecule has 0 saturated carbocycles. The highest BCUT2D eigenvalue weighted by Crippen LogP contribution is 2.58. The van der Waals surface area contributed by atoms with E-state index in [4.69, 9.17) is 9.05 Å². The first-order chi connectivity index (χ1) is 6.52. The van der Waals surface area contributed by atoms with E-state index >= 15 is 0 Å². The predicted molar refractivity (Wildman–Crippen MR) is 63.2 cm³/mol. The first-order valence-corrected chi connectivity index (χ1v) is 6.67. The average molecular weight is 238 g/mol. The summed E-state index contributed by atoms with van der Waals surface area (Å²) in [5.74, 6) is 0. The molecule has 0 aromatic heterocycles. The Labute approximate surface area is 93.7 Å². The Kier molecular flexibility index (Phi) is 5.00. The third-order valence-corrected chi connectivity index (χ3v) is 4.73. The lowest BCUT2D eigenvalue weighted by molar-refractivity contribution is -0.870. The Balaban J connectivity index is 4.31. The van der Waals surface area contributed by atoms with E-state index in [0.29, 0.717) is 6.61 Å². The van der Waals surface area contributed by atoms with E-state index in [0.717, 1.165) is 11.0 Å². The Morgan fingerprint density at radius 1 is 1.20 bits per heavy atom. The van der Waals surface area contributed by atoms with Crippen molar-refractivity contribution in [2.45, 2.75) is 25.9 Å². The van der Waals surface area contributed by atoms with Crippen LogP contribution >= 0.6 is 7.60 Å². The van der Waals surface area contributed by atoms with E-state index in [-0.39, 0.29) is 0 Å². The normalized spacial score (nSPS) is 17.5. The van der Waals surface area contributed by atoms with Crippen molar-refractivity contribution in [3.05, 3.63) is 0 Å². The van der Waals surface area contributed by atoms with E-state index in [1.54, 1.807) is 0 Å². The molecule has 1 atom stereocenters. The van der Waals surface area contributed by atoms with Gasteiger partial charge in [-0.25, -0.2) is 0 Å². The molecule has 0 saturated heterocycles. The number of likely N-dealkylation sites (N-methyl/N-ethyl adjacent to an activating group) is 1. The maximum atomic E-state index is 12.2. The van der Waals surface area contributed by atoms with Gasteiger partial charge in [-0.2, -0.15) is 0 Å². The second-order valence-corrected chi connectivity index (χ2v) is 8.66. The third-order valence-electron chi connectivity index (χ3n) is 2.09. The Bertz CT molecular complexity index is 240. The molecule has 0 aliphatic heterocycles. The first-order valence-electron chi connectivity index (χ1n) is 5.13. The zero-order valence-corrected chi connectivity index (χ0v) is 11.9. The highest BCUT2D eigenvalue weighted by molar-refractivity contribution is 7.55. The van der Waals surface area contributed by atoms with Crippen LogP contribution in [0.25, 0.3) is 0 Å². The molecule has 0 rings (SSSR count). The van der Waals surface area contributed by atoms with Gasteiger partial charge in [0.05, 0.1) is 26.3 Å². The van der Waals surface area contributed by atoms with Gasteiger partial charge in [0.15, 0.2) is 0 Å². The second-order valence-electron chi connectivity index (χ2n) is 5.70. The Morgan fingerprint density at radius 2 is 1.67 bits per heavy atom. The molecule has 0 aliphatic rings. The summed E-state index contributed by atoms with van der Waals surface area (Å²) in [5.41, 5.74) is 0. The molecule has 0 spiro atoms. The number of rotatable bonds is 5. The van der Waals surface area contributed by atoms with Gasteiger partial charge in [-0.15, -0.1) is 0 Å². The number of hydrogen-bond acceptors (Lipinski definition) is 3. The fraction of sp³-hybridized carbons (Fsp3) is 1.00. The molecule has 15 heavy (non-hydrogen) atoms. The van der Waals surface area contributed by atoms with Crippen molar-refractivity contribution < 1.29 is 18.1 Å². The van der Waals surface area contributed by atoms with Crippen LogP contribution in [-0.2, 0) is 13.6 Å². The van der Waals surface area contributed by atoms with E-state index in [9.17, 15) is 4.57 Å². The molecule has 92 valence electrons. The number of quaternary nitrogens is 1. The van der Waals surface area contributed by atoms with Gasteiger partial charge < -0.3 is 13.5 Å². The highest BCUT2D eigenvalue weighted by Gasteiger charge is 2.38. The summed E-state index contributed by atoms with van der Waals surface area (Å²) in [7, 11) is 4.67. The van der Waals surface area contributed by atoms with Gasteiger partial charge in [-0.05, 0) is 20.8 Å². The van der Waals surface area contributed by atoms with Gasteiger partial charge in [0, 0.05) is 7.11 Å². The zero-order valence-electron chi connectivity index (χ0n) is 11.0. The molecule has 4 nitrogen and oxygen atoms in total. The van der Waals surface area contributed by atoms with E-state index in [1.165, 1.54) is 7.11 Å². The van der Waals surface area contributed by atoms with E-state index in [2.05, 4.69) is 21.1 Å². The van der Waals surface area contributed by atoms with Gasteiger partial charge in [-0.1, -0.05) is 0 Å². The van der Waals surface area contributed by atoms with Crippen molar-refractivity contribution in [1.29, 1.82) is 0 Å². The molecule has 0 aromatic rings. The third kappa shape index (κ3) is 5.12. The van der Waals surface area contributed by atoms with Crippen LogP contribution in [-0.4, -0.2) is 51.0 Å². The van der Waals surface area contributed by atoms with Crippen molar-refractivity contribution in [3.63, 3.8) is 0 Å². The van der Waals surface area contributed by atoms with Crippen LogP contribution in [0.15, 0.2) is 0 Å². The van der Waals surface area contributed by atoms with Crippen LogP contribution in [0.1, 0.15) is 20.8 Å². The average Bonchev–Trinajstić information content (AvgIpc) is 1.99. The van der Waals surface area contributed by atoms with Crippen molar-refractivity contribution in [3.8, 4) is 0 Å². The molecule has 0 amide bonds.